The summed E-state index contributed by atoms with van der Waals surface area (Å²) in [5, 5.41) is 3.90. The van der Waals surface area contributed by atoms with E-state index in [0.717, 1.165) is 22.7 Å². The average molecular weight is 424 g/mol. The van der Waals surface area contributed by atoms with Crippen LogP contribution in [0.5, 0.6) is 0 Å². The van der Waals surface area contributed by atoms with Gasteiger partial charge in [-0.25, -0.2) is 18.1 Å². The highest BCUT2D eigenvalue weighted by molar-refractivity contribution is 7.88. The molecule has 1 aromatic carbocycles. The third kappa shape index (κ3) is 7.00. The fourth-order valence-electron chi connectivity index (χ4n) is 2.74. The Kier molecular flexibility index (Phi) is 7.74. The molecule has 0 unspecified atom stereocenters. The number of aryl methyl sites for hydroxylation is 1. The highest BCUT2D eigenvalue weighted by Crippen LogP contribution is 2.20. The second-order valence-electron chi connectivity index (χ2n) is 7.65. The molecule has 0 fully saturated rings. The van der Waals surface area contributed by atoms with Gasteiger partial charge in [-0.05, 0) is 37.8 Å². The van der Waals surface area contributed by atoms with Crippen LogP contribution in [-0.4, -0.2) is 25.4 Å². The number of carbonyl (C=O) groups excluding carboxylic acids is 1. The summed E-state index contributed by atoms with van der Waals surface area (Å²) >= 11 is 1.45. The summed E-state index contributed by atoms with van der Waals surface area (Å²) in [7, 11) is -3.35. The van der Waals surface area contributed by atoms with E-state index in [2.05, 4.69) is 28.9 Å². The highest BCUT2D eigenvalue weighted by Gasteiger charge is 2.16. The lowest BCUT2D eigenvalue weighted by molar-refractivity contribution is 0.0954. The molecular formula is C20H29N3O3S2. The van der Waals surface area contributed by atoms with Crippen LogP contribution in [-0.2, 0) is 28.7 Å². The molecule has 0 radical (unpaired) electrons. The lowest BCUT2D eigenvalue weighted by Gasteiger charge is -2.10. The number of benzene rings is 1. The summed E-state index contributed by atoms with van der Waals surface area (Å²) < 4.78 is 26.6. The van der Waals surface area contributed by atoms with Gasteiger partial charge in [-0.1, -0.05) is 38.1 Å². The number of carbonyl (C=O) groups is 1. The topological polar surface area (TPSA) is 88.2 Å². The number of aromatic nitrogens is 1. The molecule has 1 amide bonds. The van der Waals surface area contributed by atoms with Gasteiger partial charge in [0, 0.05) is 19.0 Å². The van der Waals surface area contributed by atoms with Gasteiger partial charge in [0.2, 0.25) is 10.0 Å². The van der Waals surface area contributed by atoms with E-state index in [4.69, 9.17) is 0 Å². The van der Waals surface area contributed by atoms with Crippen molar-refractivity contribution < 1.29 is 13.2 Å². The van der Waals surface area contributed by atoms with Gasteiger partial charge in [-0.15, -0.1) is 11.3 Å². The minimum atomic E-state index is -3.35. The second kappa shape index (κ2) is 9.62. The molecule has 0 saturated heterocycles. The van der Waals surface area contributed by atoms with Crippen molar-refractivity contribution in [2.24, 2.45) is 5.92 Å². The Balaban J connectivity index is 1.94. The molecule has 0 aliphatic rings. The summed E-state index contributed by atoms with van der Waals surface area (Å²) in [6.07, 6.45) is 0.870. The van der Waals surface area contributed by atoms with Gasteiger partial charge in [0.15, 0.2) is 0 Å². The van der Waals surface area contributed by atoms with Crippen LogP contribution < -0.4 is 10.0 Å². The molecule has 8 heteroatoms. The van der Waals surface area contributed by atoms with Crippen molar-refractivity contribution in [3.63, 3.8) is 0 Å². The molecule has 0 aliphatic carbocycles. The normalized spacial score (nSPS) is 12.0. The van der Waals surface area contributed by atoms with E-state index in [1.54, 1.807) is 26.0 Å². The smallest absolute Gasteiger partial charge is 0.263 e. The fourth-order valence-corrected chi connectivity index (χ4v) is 5.36. The number of amides is 1. The zero-order valence-corrected chi connectivity index (χ0v) is 18.7. The van der Waals surface area contributed by atoms with Crippen molar-refractivity contribution in [3.8, 4) is 0 Å². The predicted octanol–water partition coefficient (Wildman–Crippen LogP) is 3.41. The number of sulfonamides is 1. The maximum Gasteiger partial charge on any atom is 0.263 e. The van der Waals surface area contributed by atoms with Crippen molar-refractivity contribution in [2.45, 2.75) is 59.4 Å². The van der Waals surface area contributed by atoms with Crippen LogP contribution in [0.25, 0.3) is 0 Å². The number of rotatable bonds is 9. The molecule has 0 atom stereocenters. The summed E-state index contributed by atoms with van der Waals surface area (Å²) in [5.41, 5.74) is 2.38. The molecule has 2 aromatic rings. The quantitative estimate of drug-likeness (QED) is 0.647. The highest BCUT2D eigenvalue weighted by atomic mass is 32.2. The van der Waals surface area contributed by atoms with Gasteiger partial charge >= 0.3 is 0 Å². The zero-order valence-electron chi connectivity index (χ0n) is 17.1. The Morgan fingerprint density at radius 2 is 1.71 bits per heavy atom. The summed E-state index contributed by atoms with van der Waals surface area (Å²) in [4.78, 5) is 17.6. The second-order valence-corrected chi connectivity index (χ2v) is 10.5. The lowest BCUT2D eigenvalue weighted by atomic mass is 10.1. The van der Waals surface area contributed by atoms with Gasteiger partial charge in [0.05, 0.1) is 16.5 Å². The van der Waals surface area contributed by atoms with Gasteiger partial charge < -0.3 is 5.32 Å². The first-order valence-corrected chi connectivity index (χ1v) is 11.8. The number of nitrogens with one attached hydrogen (secondary N) is 2. The predicted molar refractivity (Wildman–Crippen MR) is 114 cm³/mol. The van der Waals surface area contributed by atoms with E-state index in [9.17, 15) is 13.2 Å². The monoisotopic (exact) mass is 423 g/mol. The molecule has 6 nitrogen and oxygen atoms in total. The number of nitrogens with zero attached hydrogens (tertiary/aromatic N) is 1. The van der Waals surface area contributed by atoms with E-state index >= 15 is 0 Å². The summed E-state index contributed by atoms with van der Waals surface area (Å²) in [6.45, 7) is 10.1. The minimum Gasteiger partial charge on any atom is -0.347 e. The van der Waals surface area contributed by atoms with Crippen molar-refractivity contribution in [3.05, 3.63) is 51.0 Å². The van der Waals surface area contributed by atoms with Crippen LogP contribution in [0.4, 0.5) is 0 Å². The first-order valence-electron chi connectivity index (χ1n) is 9.38. The van der Waals surface area contributed by atoms with Gasteiger partial charge in [-0.3, -0.25) is 4.79 Å². The molecule has 2 rings (SSSR count). The van der Waals surface area contributed by atoms with E-state index in [-0.39, 0.29) is 17.7 Å². The largest absolute Gasteiger partial charge is 0.347 e. The van der Waals surface area contributed by atoms with Crippen molar-refractivity contribution >= 4 is 27.3 Å². The van der Waals surface area contributed by atoms with Crippen LogP contribution in [0.2, 0.25) is 0 Å². The van der Waals surface area contributed by atoms with Gasteiger partial charge in [0.1, 0.15) is 4.88 Å². The third-order valence-electron chi connectivity index (χ3n) is 3.88. The molecule has 154 valence electrons. The molecule has 28 heavy (non-hydrogen) atoms. The van der Waals surface area contributed by atoms with Crippen LogP contribution in [0, 0.1) is 12.8 Å². The first-order chi connectivity index (χ1) is 13.1. The van der Waals surface area contributed by atoms with Crippen molar-refractivity contribution in [1.29, 1.82) is 0 Å². The Bertz CT molecular complexity index is 901. The summed E-state index contributed by atoms with van der Waals surface area (Å²) in [6, 6.07) is 7.10. The van der Waals surface area contributed by atoms with Gasteiger partial charge in [0.25, 0.3) is 5.91 Å². The first kappa shape index (κ1) is 22.5. The van der Waals surface area contributed by atoms with E-state index in [1.165, 1.54) is 11.3 Å². The lowest BCUT2D eigenvalue weighted by Crippen LogP contribution is -2.31. The van der Waals surface area contributed by atoms with E-state index in [1.807, 2.05) is 19.1 Å². The fraction of sp³-hybridized carbons (Fsp3) is 0.500. The maximum absolute atomic E-state index is 12.5. The molecule has 0 saturated carbocycles. The van der Waals surface area contributed by atoms with Crippen molar-refractivity contribution in [2.75, 3.05) is 0 Å². The Labute approximate surface area is 171 Å². The summed E-state index contributed by atoms with van der Waals surface area (Å²) in [5.74, 6) is 0.313. The Morgan fingerprint density at radius 3 is 2.29 bits per heavy atom. The molecule has 0 bridgehead atoms. The van der Waals surface area contributed by atoms with Crippen LogP contribution in [0.3, 0.4) is 0 Å². The minimum absolute atomic E-state index is 0.0590. The average Bonchev–Trinajstić information content (AvgIpc) is 2.92. The number of hydrogen-bond donors (Lipinski definition) is 2. The van der Waals surface area contributed by atoms with Crippen molar-refractivity contribution in [1.82, 2.24) is 15.0 Å². The standard InChI is InChI=1S/C20H29N3O3S2/c1-13(2)10-18-22-15(5)19(27-18)20(24)21-11-16-6-8-17(9-7-16)12-28(25,26)23-14(3)4/h6-9,13-14,23H,10-12H2,1-5H3,(H,21,24). The number of thiazole rings is 1. The molecule has 0 spiro atoms. The van der Waals surface area contributed by atoms with Gasteiger partial charge in [-0.2, -0.15) is 0 Å². The molecular weight excluding hydrogens is 394 g/mol. The van der Waals surface area contributed by atoms with Crippen LogP contribution in [0.15, 0.2) is 24.3 Å². The zero-order chi connectivity index (χ0) is 20.9. The Hall–Kier alpha value is -1.77. The molecule has 2 N–H and O–H groups in total. The van der Waals surface area contributed by atoms with Crippen LogP contribution in [0.1, 0.15) is 59.2 Å². The third-order valence-corrected chi connectivity index (χ3v) is 6.60. The molecule has 1 aromatic heterocycles. The molecule has 0 aliphatic heterocycles. The SMILES string of the molecule is Cc1nc(CC(C)C)sc1C(=O)NCc1ccc(CS(=O)(=O)NC(C)C)cc1. The maximum atomic E-state index is 12.5. The van der Waals surface area contributed by atoms with E-state index in [0.29, 0.717) is 22.9 Å². The Morgan fingerprint density at radius 1 is 1.11 bits per heavy atom. The van der Waals surface area contributed by atoms with Crippen LogP contribution >= 0.6 is 11.3 Å². The molecule has 1 heterocycles. The van der Waals surface area contributed by atoms with E-state index < -0.39 is 10.0 Å². The number of hydrogen-bond acceptors (Lipinski definition) is 5.